The molecule has 1 N–H and O–H groups in total. The van der Waals surface area contributed by atoms with E-state index in [0.717, 1.165) is 56.1 Å². The molecule has 0 saturated carbocycles. The van der Waals surface area contributed by atoms with Crippen molar-refractivity contribution < 1.29 is 9.90 Å². The molecule has 1 unspecified atom stereocenters. The lowest BCUT2D eigenvalue weighted by Crippen LogP contribution is -2.54. The number of nitrogens with zero attached hydrogens (tertiary/aromatic N) is 6. The van der Waals surface area contributed by atoms with Gasteiger partial charge in [-0.1, -0.05) is 0 Å². The monoisotopic (exact) mass is 412 g/mol. The van der Waals surface area contributed by atoms with Gasteiger partial charge in [0.1, 0.15) is 0 Å². The number of likely N-dealkylation sites (tertiary alicyclic amines) is 1. The number of aliphatic hydroxyl groups is 1. The Balaban J connectivity index is 1.34. The van der Waals surface area contributed by atoms with Crippen LogP contribution < -0.4 is 4.90 Å². The van der Waals surface area contributed by atoms with Crippen LogP contribution >= 0.6 is 0 Å². The molecule has 2 fully saturated rings. The number of amides is 1. The van der Waals surface area contributed by atoms with Crippen LogP contribution in [-0.4, -0.2) is 68.2 Å². The molecule has 2 aliphatic heterocycles. The third kappa shape index (κ3) is 4.19. The highest BCUT2D eigenvalue weighted by Crippen LogP contribution is 2.41. The van der Waals surface area contributed by atoms with Gasteiger partial charge in [-0.05, 0) is 63.1 Å². The lowest BCUT2D eigenvalue weighted by atomic mass is 9.71. The molecule has 4 heterocycles. The number of aliphatic hydroxyl groups excluding tert-OH is 1. The summed E-state index contributed by atoms with van der Waals surface area (Å²) in [7, 11) is 0. The highest BCUT2D eigenvalue weighted by atomic mass is 16.3. The van der Waals surface area contributed by atoms with Crippen molar-refractivity contribution in [2.75, 3.05) is 31.1 Å². The second-order valence-electron chi connectivity index (χ2n) is 8.97. The number of piperidine rings is 2. The summed E-state index contributed by atoms with van der Waals surface area (Å²) < 4.78 is 1.95. The number of carbonyl (C=O) groups is 1. The van der Waals surface area contributed by atoms with E-state index in [9.17, 15) is 9.90 Å². The lowest BCUT2D eigenvalue weighted by molar-refractivity contribution is -0.134. The minimum Gasteiger partial charge on any atom is -0.391 e. The van der Waals surface area contributed by atoms with E-state index >= 15 is 0 Å². The number of aryl methyl sites for hydroxylation is 2. The van der Waals surface area contributed by atoms with E-state index in [4.69, 9.17) is 0 Å². The van der Waals surface area contributed by atoms with Gasteiger partial charge in [-0.15, -0.1) is 5.10 Å². The summed E-state index contributed by atoms with van der Waals surface area (Å²) in [5.41, 5.74) is 3.39. The van der Waals surface area contributed by atoms with Crippen molar-refractivity contribution in [3.63, 3.8) is 0 Å². The van der Waals surface area contributed by atoms with Gasteiger partial charge in [0.2, 0.25) is 5.91 Å². The van der Waals surface area contributed by atoms with Crippen LogP contribution in [0, 0.1) is 26.2 Å². The number of hydrogen-bond acceptors (Lipinski definition) is 6. The molecule has 2 aromatic rings. The zero-order valence-electron chi connectivity index (χ0n) is 18.2. The Kier molecular flexibility index (Phi) is 5.77. The van der Waals surface area contributed by atoms with E-state index < -0.39 is 0 Å². The summed E-state index contributed by atoms with van der Waals surface area (Å²) in [5.74, 6) is 1.01. The number of anilines is 1. The topological polar surface area (TPSA) is 87.4 Å². The summed E-state index contributed by atoms with van der Waals surface area (Å²) >= 11 is 0. The van der Waals surface area contributed by atoms with Gasteiger partial charge in [-0.25, -0.2) is 0 Å². The van der Waals surface area contributed by atoms with Gasteiger partial charge >= 0.3 is 0 Å². The van der Waals surface area contributed by atoms with Crippen molar-refractivity contribution in [1.82, 2.24) is 24.9 Å². The lowest BCUT2D eigenvalue weighted by Gasteiger charge is -2.49. The molecule has 1 atom stereocenters. The van der Waals surface area contributed by atoms with Gasteiger partial charge in [0, 0.05) is 51.0 Å². The molecule has 1 amide bonds. The fraction of sp³-hybridized carbons (Fsp3) is 0.636. The van der Waals surface area contributed by atoms with E-state index in [0.29, 0.717) is 19.5 Å². The Hall–Kier alpha value is -2.48. The fourth-order valence-corrected chi connectivity index (χ4v) is 4.95. The molecule has 8 nitrogen and oxygen atoms in total. The molecule has 162 valence electrons. The third-order valence-electron chi connectivity index (χ3n) is 6.97. The van der Waals surface area contributed by atoms with Crippen molar-refractivity contribution in [3.05, 3.63) is 35.3 Å². The summed E-state index contributed by atoms with van der Waals surface area (Å²) in [6.07, 6.45) is 4.37. The Labute approximate surface area is 177 Å². The zero-order chi connectivity index (χ0) is 21.3. The van der Waals surface area contributed by atoms with E-state index in [-0.39, 0.29) is 17.4 Å². The molecule has 0 aliphatic carbocycles. The number of aromatic nitrogens is 4. The molecule has 0 aromatic carbocycles. The highest BCUT2D eigenvalue weighted by Gasteiger charge is 2.42. The van der Waals surface area contributed by atoms with Crippen molar-refractivity contribution in [3.8, 4) is 0 Å². The highest BCUT2D eigenvalue weighted by molar-refractivity contribution is 5.76. The summed E-state index contributed by atoms with van der Waals surface area (Å²) in [6.45, 7) is 9.70. The van der Waals surface area contributed by atoms with Crippen LogP contribution in [0.4, 0.5) is 5.82 Å². The molecule has 0 bridgehead atoms. The van der Waals surface area contributed by atoms with E-state index in [2.05, 4.69) is 34.0 Å². The van der Waals surface area contributed by atoms with Crippen LogP contribution in [0.2, 0.25) is 0 Å². The molecule has 2 aliphatic rings. The summed E-state index contributed by atoms with van der Waals surface area (Å²) in [6, 6.07) is 3.82. The molecule has 2 saturated heterocycles. The van der Waals surface area contributed by atoms with Gasteiger partial charge in [0.05, 0.1) is 11.8 Å². The Morgan fingerprint density at radius 1 is 1.27 bits per heavy atom. The number of hydrogen-bond donors (Lipinski definition) is 1. The molecule has 1 spiro atoms. The van der Waals surface area contributed by atoms with Crippen LogP contribution in [-0.2, 0) is 11.3 Å². The van der Waals surface area contributed by atoms with Gasteiger partial charge in [0.25, 0.3) is 0 Å². The average Bonchev–Trinajstić information content (AvgIpc) is 2.99. The molecule has 0 radical (unpaired) electrons. The van der Waals surface area contributed by atoms with Crippen molar-refractivity contribution in [1.29, 1.82) is 0 Å². The van der Waals surface area contributed by atoms with Crippen LogP contribution in [0.3, 0.4) is 0 Å². The first kappa shape index (κ1) is 20.8. The van der Waals surface area contributed by atoms with E-state index in [1.807, 2.05) is 28.6 Å². The fourth-order valence-electron chi connectivity index (χ4n) is 4.95. The van der Waals surface area contributed by atoms with Crippen LogP contribution in [0.25, 0.3) is 0 Å². The van der Waals surface area contributed by atoms with Gasteiger partial charge in [-0.2, -0.15) is 10.2 Å². The summed E-state index contributed by atoms with van der Waals surface area (Å²) in [5, 5.41) is 23.3. The van der Waals surface area contributed by atoms with Gasteiger partial charge in [-0.3, -0.25) is 9.48 Å². The van der Waals surface area contributed by atoms with E-state index in [1.54, 1.807) is 6.20 Å². The average molecular weight is 413 g/mol. The van der Waals surface area contributed by atoms with Crippen LogP contribution in [0.1, 0.15) is 42.6 Å². The predicted molar refractivity (Wildman–Crippen MR) is 114 cm³/mol. The maximum Gasteiger partial charge on any atom is 0.224 e. The van der Waals surface area contributed by atoms with Crippen LogP contribution in [0.15, 0.2) is 18.3 Å². The normalized spacial score (nSPS) is 21.3. The Bertz CT molecular complexity index is 889. The third-order valence-corrected chi connectivity index (χ3v) is 6.97. The zero-order valence-corrected chi connectivity index (χ0v) is 18.2. The SMILES string of the molecule is Cc1nn(CCC(=O)N2CCC3(CC2)CC(O)CN(c2cccnn2)C3)c(C)c1C. The van der Waals surface area contributed by atoms with Crippen molar-refractivity contribution >= 4 is 11.7 Å². The maximum absolute atomic E-state index is 12.8. The minimum atomic E-state index is -0.378. The molecular formula is C22H32N6O2. The smallest absolute Gasteiger partial charge is 0.224 e. The minimum absolute atomic E-state index is 0.0266. The second-order valence-corrected chi connectivity index (χ2v) is 8.97. The Morgan fingerprint density at radius 3 is 2.67 bits per heavy atom. The van der Waals surface area contributed by atoms with Crippen molar-refractivity contribution in [2.45, 2.75) is 59.1 Å². The first-order chi connectivity index (χ1) is 14.4. The number of carbonyl (C=O) groups excluding carboxylic acids is 1. The van der Waals surface area contributed by atoms with E-state index in [1.165, 1.54) is 5.56 Å². The maximum atomic E-state index is 12.8. The molecule has 2 aromatic heterocycles. The first-order valence-electron chi connectivity index (χ1n) is 10.9. The van der Waals surface area contributed by atoms with Gasteiger partial charge < -0.3 is 14.9 Å². The second kappa shape index (κ2) is 8.34. The van der Waals surface area contributed by atoms with Gasteiger partial charge in [0.15, 0.2) is 5.82 Å². The summed E-state index contributed by atoms with van der Waals surface area (Å²) in [4.78, 5) is 16.9. The molecular weight excluding hydrogens is 380 g/mol. The molecule has 4 rings (SSSR count). The Morgan fingerprint density at radius 2 is 2.03 bits per heavy atom. The largest absolute Gasteiger partial charge is 0.391 e. The number of β-amino-alcohol motifs (C(OH)–C–C–N with tert-alkyl or cyclic N) is 1. The standard InChI is InChI=1S/C22H32N6O2/c1-16-17(2)25-28(18(16)3)10-6-21(30)26-11-7-22(8-12-26)13-19(29)14-27(15-22)20-5-4-9-23-24-20/h4-5,9,19,29H,6-8,10-15H2,1-3H3. The quantitative estimate of drug-likeness (QED) is 0.825. The van der Waals surface area contributed by atoms with Crippen LogP contribution in [0.5, 0.6) is 0 Å². The first-order valence-corrected chi connectivity index (χ1v) is 10.9. The number of rotatable bonds is 4. The molecule has 30 heavy (non-hydrogen) atoms. The molecule has 8 heteroatoms. The predicted octanol–water partition coefficient (Wildman–Crippen LogP) is 1.87. The van der Waals surface area contributed by atoms with Crippen molar-refractivity contribution in [2.24, 2.45) is 5.41 Å².